The van der Waals surface area contributed by atoms with Gasteiger partial charge < -0.3 is 5.32 Å². The predicted molar refractivity (Wildman–Crippen MR) is 120 cm³/mol. The second kappa shape index (κ2) is 8.22. The summed E-state index contributed by atoms with van der Waals surface area (Å²) in [6.07, 6.45) is 1.67. The van der Waals surface area contributed by atoms with Crippen LogP contribution < -0.4 is 5.32 Å². The van der Waals surface area contributed by atoms with Gasteiger partial charge in [-0.25, -0.2) is 4.99 Å². The van der Waals surface area contributed by atoms with Crippen molar-refractivity contribution >= 4 is 28.9 Å². The number of hydrogen-bond donors (Lipinski definition) is 1. The normalized spacial score (nSPS) is 13.6. The molecule has 0 radical (unpaired) electrons. The minimum Gasteiger partial charge on any atom is -0.350 e. The molecule has 0 saturated heterocycles. The second-order valence-electron chi connectivity index (χ2n) is 7.43. The lowest BCUT2D eigenvalue weighted by Gasteiger charge is -2.12. The number of nitrogens with one attached hydrogen (secondary N) is 1. The number of nitrogens with zero attached hydrogens (tertiary/aromatic N) is 1. The highest BCUT2D eigenvalue weighted by Crippen LogP contribution is 2.32. The van der Waals surface area contributed by atoms with Gasteiger partial charge in [0.15, 0.2) is 0 Å². The Morgan fingerprint density at radius 1 is 1.07 bits per heavy atom. The molecule has 0 spiro atoms. The third-order valence-electron chi connectivity index (χ3n) is 5.34. The molecule has 0 bridgehead atoms. The van der Waals surface area contributed by atoms with Crippen LogP contribution in [-0.2, 0) is 6.42 Å². The molecule has 29 heavy (non-hydrogen) atoms. The van der Waals surface area contributed by atoms with Crippen LogP contribution in [0, 0.1) is 0 Å². The number of aliphatic imine (C=N–C) groups is 1. The molecule has 3 aromatic carbocycles. The van der Waals surface area contributed by atoms with E-state index in [-0.39, 0.29) is 11.9 Å². The maximum atomic E-state index is 12.6. The largest absolute Gasteiger partial charge is 0.350 e. The fourth-order valence-corrected chi connectivity index (χ4v) is 3.61. The smallest absolute Gasteiger partial charge is 0.251 e. The van der Waals surface area contributed by atoms with E-state index < -0.39 is 0 Å². The molecular formula is C25H23ClN2O. The molecule has 0 saturated carbocycles. The molecule has 4 heteroatoms. The van der Waals surface area contributed by atoms with Gasteiger partial charge in [0.2, 0.25) is 0 Å². The van der Waals surface area contributed by atoms with Crippen LogP contribution >= 0.6 is 11.6 Å². The summed E-state index contributed by atoms with van der Waals surface area (Å²) >= 11 is 6.09. The third-order valence-corrected chi connectivity index (χ3v) is 5.59. The quantitative estimate of drug-likeness (QED) is 0.450. The fraction of sp³-hybridized carbons (Fsp3) is 0.200. The van der Waals surface area contributed by atoms with E-state index >= 15 is 0 Å². The highest BCUT2D eigenvalue weighted by atomic mass is 35.5. The van der Waals surface area contributed by atoms with Gasteiger partial charge in [0.05, 0.1) is 11.4 Å². The van der Waals surface area contributed by atoms with Gasteiger partial charge in [-0.15, -0.1) is 0 Å². The lowest BCUT2D eigenvalue weighted by Crippen LogP contribution is -2.31. The van der Waals surface area contributed by atoms with Gasteiger partial charge in [-0.05, 0) is 48.7 Å². The first-order chi connectivity index (χ1) is 14.0. The standard InChI is InChI=1S/C25H23ClN2O/c1-3-16(2)27-25(29)20-9-8-19-14-18-6-4-5-7-22(18)24(28-23(19)15-20)17-10-12-21(26)13-11-17/h4-13,15-16H,3,14H2,1-2H3,(H,27,29). The Hall–Kier alpha value is -2.91. The molecule has 1 N–H and O–H groups in total. The van der Waals surface area contributed by atoms with Gasteiger partial charge in [-0.2, -0.15) is 0 Å². The molecule has 1 heterocycles. The maximum Gasteiger partial charge on any atom is 0.251 e. The van der Waals surface area contributed by atoms with Crippen molar-refractivity contribution in [3.63, 3.8) is 0 Å². The molecule has 1 atom stereocenters. The highest BCUT2D eigenvalue weighted by molar-refractivity contribution is 6.30. The van der Waals surface area contributed by atoms with Crippen LogP contribution in [0.4, 0.5) is 5.69 Å². The van der Waals surface area contributed by atoms with Crippen LogP contribution in [0.25, 0.3) is 0 Å². The van der Waals surface area contributed by atoms with Crippen LogP contribution in [-0.4, -0.2) is 17.7 Å². The molecular weight excluding hydrogens is 380 g/mol. The number of carbonyl (C=O) groups is 1. The van der Waals surface area contributed by atoms with Gasteiger partial charge >= 0.3 is 0 Å². The summed E-state index contributed by atoms with van der Waals surface area (Å²) in [5.74, 6) is -0.0628. The number of benzene rings is 3. The molecule has 0 aliphatic carbocycles. The summed E-state index contributed by atoms with van der Waals surface area (Å²) in [4.78, 5) is 17.6. The van der Waals surface area contributed by atoms with E-state index in [0.29, 0.717) is 10.6 Å². The van der Waals surface area contributed by atoms with Crippen molar-refractivity contribution in [1.82, 2.24) is 5.32 Å². The minimum atomic E-state index is -0.0628. The average Bonchev–Trinajstić information content (AvgIpc) is 2.90. The Kier molecular flexibility index (Phi) is 5.50. The average molecular weight is 403 g/mol. The van der Waals surface area contributed by atoms with E-state index in [4.69, 9.17) is 16.6 Å². The van der Waals surface area contributed by atoms with Crippen molar-refractivity contribution in [2.24, 2.45) is 4.99 Å². The number of amides is 1. The summed E-state index contributed by atoms with van der Waals surface area (Å²) in [7, 11) is 0. The Balaban J connectivity index is 1.82. The summed E-state index contributed by atoms with van der Waals surface area (Å²) < 4.78 is 0. The van der Waals surface area contributed by atoms with Crippen LogP contribution in [0.5, 0.6) is 0 Å². The van der Waals surface area contributed by atoms with E-state index in [0.717, 1.165) is 40.9 Å². The molecule has 1 aliphatic heterocycles. The predicted octanol–water partition coefficient (Wildman–Crippen LogP) is 5.94. The van der Waals surface area contributed by atoms with Crippen molar-refractivity contribution in [2.45, 2.75) is 32.7 Å². The van der Waals surface area contributed by atoms with E-state index in [9.17, 15) is 4.79 Å². The number of fused-ring (bicyclic) bond motifs is 2. The lowest BCUT2D eigenvalue weighted by atomic mass is 9.94. The number of hydrogen-bond acceptors (Lipinski definition) is 2. The van der Waals surface area contributed by atoms with Crippen molar-refractivity contribution in [1.29, 1.82) is 0 Å². The zero-order valence-electron chi connectivity index (χ0n) is 16.6. The summed E-state index contributed by atoms with van der Waals surface area (Å²) in [6, 6.07) is 22.0. The molecule has 3 nitrogen and oxygen atoms in total. The molecule has 3 aromatic rings. The Morgan fingerprint density at radius 2 is 1.83 bits per heavy atom. The molecule has 0 fully saturated rings. The minimum absolute atomic E-state index is 0.0628. The second-order valence-corrected chi connectivity index (χ2v) is 7.86. The first kappa shape index (κ1) is 19.4. The zero-order chi connectivity index (χ0) is 20.4. The van der Waals surface area contributed by atoms with Crippen LogP contribution in [0.1, 0.15) is 52.9 Å². The van der Waals surface area contributed by atoms with Gasteiger partial charge in [0.1, 0.15) is 0 Å². The fourth-order valence-electron chi connectivity index (χ4n) is 3.49. The summed E-state index contributed by atoms with van der Waals surface area (Å²) in [6.45, 7) is 4.07. The van der Waals surface area contributed by atoms with E-state index in [1.807, 2.05) is 55.5 Å². The zero-order valence-corrected chi connectivity index (χ0v) is 17.3. The van der Waals surface area contributed by atoms with Gasteiger partial charge in [-0.3, -0.25) is 4.79 Å². The molecule has 1 aliphatic rings. The lowest BCUT2D eigenvalue weighted by molar-refractivity contribution is 0.0939. The van der Waals surface area contributed by atoms with Gasteiger partial charge in [0.25, 0.3) is 5.91 Å². The molecule has 1 unspecified atom stereocenters. The van der Waals surface area contributed by atoms with Crippen LogP contribution in [0.3, 0.4) is 0 Å². The number of carbonyl (C=O) groups excluding carboxylic acids is 1. The molecule has 1 amide bonds. The molecule has 0 aromatic heterocycles. The SMILES string of the molecule is CCC(C)NC(=O)c1ccc2c(c1)N=C(c1ccc(Cl)cc1)c1ccccc1C2. The summed E-state index contributed by atoms with van der Waals surface area (Å²) in [5.41, 5.74) is 6.81. The molecule has 4 rings (SSSR count). The third kappa shape index (κ3) is 4.10. The number of rotatable bonds is 4. The van der Waals surface area contributed by atoms with Crippen LogP contribution in [0.2, 0.25) is 5.02 Å². The van der Waals surface area contributed by atoms with Crippen molar-refractivity contribution in [3.05, 3.63) is 99.6 Å². The van der Waals surface area contributed by atoms with Crippen LogP contribution in [0.15, 0.2) is 71.7 Å². The van der Waals surface area contributed by atoms with Crippen molar-refractivity contribution < 1.29 is 4.79 Å². The van der Waals surface area contributed by atoms with Crippen molar-refractivity contribution in [2.75, 3.05) is 0 Å². The Bertz CT molecular complexity index is 1090. The van der Waals surface area contributed by atoms with Gasteiger partial charge in [-0.1, -0.05) is 61.0 Å². The first-order valence-electron chi connectivity index (χ1n) is 9.92. The number of halogens is 1. The Morgan fingerprint density at radius 3 is 2.59 bits per heavy atom. The molecule has 146 valence electrons. The summed E-state index contributed by atoms with van der Waals surface area (Å²) in [5, 5.41) is 3.73. The topological polar surface area (TPSA) is 41.5 Å². The van der Waals surface area contributed by atoms with E-state index in [1.54, 1.807) is 0 Å². The van der Waals surface area contributed by atoms with Gasteiger partial charge in [0, 0.05) is 34.2 Å². The highest BCUT2D eigenvalue weighted by Gasteiger charge is 2.19. The maximum absolute atomic E-state index is 12.6. The van der Waals surface area contributed by atoms with E-state index in [1.165, 1.54) is 5.56 Å². The van der Waals surface area contributed by atoms with E-state index in [2.05, 4.69) is 30.4 Å². The Labute approximate surface area is 176 Å². The first-order valence-corrected chi connectivity index (χ1v) is 10.3. The van der Waals surface area contributed by atoms with Crippen molar-refractivity contribution in [3.8, 4) is 0 Å². The monoisotopic (exact) mass is 402 g/mol.